The fourth-order valence-corrected chi connectivity index (χ4v) is 1.34. The normalized spacial score (nSPS) is 9.72. The predicted octanol–water partition coefficient (Wildman–Crippen LogP) is 1.24. The third-order valence-corrected chi connectivity index (χ3v) is 2.31. The highest BCUT2D eigenvalue weighted by atomic mass is 16.5. The quantitative estimate of drug-likeness (QED) is 0.790. The molecular formula is C13H18N2O3. The first kappa shape index (κ1) is 14.0. The first-order valence-corrected chi connectivity index (χ1v) is 5.74. The van der Waals surface area contributed by atoms with Crippen LogP contribution in [0.4, 0.5) is 0 Å². The second-order valence-corrected chi connectivity index (χ2v) is 4.10. The summed E-state index contributed by atoms with van der Waals surface area (Å²) >= 11 is 0. The minimum atomic E-state index is -0.307. The van der Waals surface area contributed by atoms with Gasteiger partial charge in [-0.05, 0) is 31.0 Å². The smallest absolute Gasteiger partial charge is 0.241 e. The van der Waals surface area contributed by atoms with E-state index in [1.54, 1.807) is 0 Å². The van der Waals surface area contributed by atoms with Crippen LogP contribution in [0.1, 0.15) is 24.5 Å². The van der Waals surface area contributed by atoms with Crippen molar-refractivity contribution in [3.63, 3.8) is 0 Å². The molecule has 5 nitrogen and oxygen atoms in total. The number of hydrazine groups is 1. The van der Waals surface area contributed by atoms with Crippen LogP contribution in [-0.2, 0) is 9.59 Å². The molecule has 0 saturated carbocycles. The van der Waals surface area contributed by atoms with Gasteiger partial charge in [0.1, 0.15) is 5.75 Å². The number of carbonyl (C=O) groups excluding carboxylic acids is 2. The van der Waals surface area contributed by atoms with Gasteiger partial charge in [-0.2, -0.15) is 0 Å². The Hall–Kier alpha value is -2.04. The van der Waals surface area contributed by atoms with Gasteiger partial charge in [0.25, 0.3) is 0 Å². The van der Waals surface area contributed by atoms with Crippen LogP contribution in [0, 0.1) is 13.8 Å². The Labute approximate surface area is 106 Å². The maximum Gasteiger partial charge on any atom is 0.241 e. The van der Waals surface area contributed by atoms with Crippen molar-refractivity contribution in [1.82, 2.24) is 10.9 Å². The molecule has 0 heterocycles. The molecule has 0 bridgehead atoms. The second-order valence-electron chi connectivity index (χ2n) is 4.10. The van der Waals surface area contributed by atoms with E-state index in [2.05, 4.69) is 10.9 Å². The molecule has 0 radical (unpaired) electrons. The Morgan fingerprint density at radius 2 is 1.94 bits per heavy atom. The molecule has 1 aromatic rings. The first-order valence-electron chi connectivity index (χ1n) is 5.74. The van der Waals surface area contributed by atoms with Crippen LogP contribution in [0.25, 0.3) is 0 Å². The standard InChI is InChI=1S/C13H18N2O3/c1-9-4-5-10(2)12(8-9)18-7-6-13(17)15-14-11(3)16/h4-5,8H,6-7H2,1-3H3,(H,14,16)(H,15,17). The molecule has 1 aromatic carbocycles. The summed E-state index contributed by atoms with van der Waals surface area (Å²) in [6.07, 6.45) is 0.188. The SMILES string of the molecule is CC(=O)NNC(=O)CCOc1cc(C)ccc1C. The second kappa shape index (κ2) is 6.64. The fraction of sp³-hybridized carbons (Fsp3) is 0.385. The molecule has 0 spiro atoms. The summed E-state index contributed by atoms with van der Waals surface area (Å²) in [7, 11) is 0. The first-order chi connectivity index (χ1) is 8.49. The van der Waals surface area contributed by atoms with E-state index in [4.69, 9.17) is 4.74 Å². The van der Waals surface area contributed by atoms with Crippen LogP contribution in [0.3, 0.4) is 0 Å². The van der Waals surface area contributed by atoms with E-state index in [9.17, 15) is 9.59 Å². The van der Waals surface area contributed by atoms with Crippen molar-refractivity contribution in [3.05, 3.63) is 29.3 Å². The third kappa shape index (κ3) is 4.86. The third-order valence-electron chi connectivity index (χ3n) is 2.31. The van der Waals surface area contributed by atoms with Crippen molar-refractivity contribution in [2.24, 2.45) is 0 Å². The zero-order valence-electron chi connectivity index (χ0n) is 10.9. The minimum Gasteiger partial charge on any atom is -0.493 e. The number of carbonyl (C=O) groups is 2. The average Bonchev–Trinajstić information content (AvgIpc) is 2.31. The van der Waals surface area contributed by atoms with Gasteiger partial charge in [0.05, 0.1) is 13.0 Å². The van der Waals surface area contributed by atoms with E-state index < -0.39 is 0 Å². The van der Waals surface area contributed by atoms with Gasteiger partial charge < -0.3 is 4.74 Å². The number of ether oxygens (including phenoxy) is 1. The molecule has 1 rings (SSSR count). The average molecular weight is 250 g/mol. The highest BCUT2D eigenvalue weighted by Gasteiger charge is 2.04. The van der Waals surface area contributed by atoms with E-state index in [-0.39, 0.29) is 24.8 Å². The van der Waals surface area contributed by atoms with E-state index in [1.165, 1.54) is 6.92 Å². The molecule has 0 fully saturated rings. The lowest BCUT2D eigenvalue weighted by atomic mass is 10.1. The van der Waals surface area contributed by atoms with Crippen molar-refractivity contribution in [1.29, 1.82) is 0 Å². The van der Waals surface area contributed by atoms with Gasteiger partial charge in [-0.1, -0.05) is 12.1 Å². The van der Waals surface area contributed by atoms with Crippen LogP contribution in [-0.4, -0.2) is 18.4 Å². The summed E-state index contributed by atoms with van der Waals surface area (Å²) in [5.74, 6) is 0.191. The molecule has 5 heteroatoms. The number of amides is 2. The Morgan fingerprint density at radius 3 is 2.61 bits per heavy atom. The van der Waals surface area contributed by atoms with Gasteiger partial charge in [-0.3, -0.25) is 20.4 Å². The molecule has 0 aliphatic rings. The summed E-state index contributed by atoms with van der Waals surface area (Å²) < 4.78 is 5.52. The van der Waals surface area contributed by atoms with Gasteiger partial charge in [0.15, 0.2) is 0 Å². The number of nitrogens with one attached hydrogen (secondary N) is 2. The zero-order valence-corrected chi connectivity index (χ0v) is 10.9. The van der Waals surface area contributed by atoms with E-state index >= 15 is 0 Å². The maximum atomic E-state index is 11.3. The molecule has 0 aliphatic heterocycles. The summed E-state index contributed by atoms with van der Waals surface area (Å²) in [6.45, 7) is 5.53. The van der Waals surface area contributed by atoms with Crippen LogP contribution < -0.4 is 15.6 Å². The lowest BCUT2D eigenvalue weighted by Gasteiger charge is -2.10. The number of rotatable bonds is 4. The summed E-state index contributed by atoms with van der Waals surface area (Å²) in [6, 6.07) is 5.91. The van der Waals surface area contributed by atoms with Gasteiger partial charge in [0.2, 0.25) is 11.8 Å². The molecule has 0 saturated heterocycles. The van der Waals surface area contributed by atoms with Crippen LogP contribution in [0.2, 0.25) is 0 Å². The molecule has 18 heavy (non-hydrogen) atoms. The topological polar surface area (TPSA) is 67.4 Å². The molecule has 0 aromatic heterocycles. The van der Waals surface area contributed by atoms with Gasteiger partial charge in [-0.15, -0.1) is 0 Å². The number of hydrogen-bond acceptors (Lipinski definition) is 3. The Bertz CT molecular complexity index is 444. The van der Waals surface area contributed by atoms with Crippen LogP contribution in [0.5, 0.6) is 5.75 Å². The minimum absolute atomic E-state index is 0.188. The van der Waals surface area contributed by atoms with Crippen molar-refractivity contribution in [2.75, 3.05) is 6.61 Å². The fourth-order valence-electron chi connectivity index (χ4n) is 1.34. The Balaban J connectivity index is 2.35. The molecule has 0 unspecified atom stereocenters. The van der Waals surface area contributed by atoms with Gasteiger partial charge >= 0.3 is 0 Å². The maximum absolute atomic E-state index is 11.3. The molecule has 98 valence electrons. The highest BCUT2D eigenvalue weighted by molar-refractivity contribution is 5.80. The van der Waals surface area contributed by atoms with E-state index in [0.717, 1.165) is 16.9 Å². The van der Waals surface area contributed by atoms with Gasteiger partial charge in [-0.25, -0.2) is 0 Å². The van der Waals surface area contributed by atoms with Gasteiger partial charge in [0, 0.05) is 6.92 Å². The summed E-state index contributed by atoms with van der Waals surface area (Å²) in [5, 5.41) is 0. The predicted molar refractivity (Wildman–Crippen MR) is 68.0 cm³/mol. The Kier molecular flexibility index (Phi) is 5.17. The van der Waals surface area contributed by atoms with Crippen LogP contribution >= 0.6 is 0 Å². The monoisotopic (exact) mass is 250 g/mol. The zero-order chi connectivity index (χ0) is 13.5. The lowest BCUT2D eigenvalue weighted by Crippen LogP contribution is -2.40. The van der Waals surface area contributed by atoms with E-state index in [1.807, 2.05) is 32.0 Å². The lowest BCUT2D eigenvalue weighted by molar-refractivity contribution is -0.128. The van der Waals surface area contributed by atoms with Crippen LogP contribution in [0.15, 0.2) is 18.2 Å². The molecule has 2 N–H and O–H groups in total. The van der Waals surface area contributed by atoms with Crippen molar-refractivity contribution < 1.29 is 14.3 Å². The summed E-state index contributed by atoms with van der Waals surface area (Å²) in [5.41, 5.74) is 6.64. The number of hydrogen-bond donors (Lipinski definition) is 2. The van der Waals surface area contributed by atoms with E-state index in [0.29, 0.717) is 0 Å². The summed E-state index contributed by atoms with van der Waals surface area (Å²) in [4.78, 5) is 21.9. The molecule has 2 amide bonds. The van der Waals surface area contributed by atoms with Crippen molar-refractivity contribution in [2.45, 2.75) is 27.2 Å². The van der Waals surface area contributed by atoms with Crippen molar-refractivity contribution in [3.8, 4) is 5.75 Å². The number of aryl methyl sites for hydroxylation is 2. The van der Waals surface area contributed by atoms with Crippen molar-refractivity contribution >= 4 is 11.8 Å². The Morgan fingerprint density at radius 1 is 1.22 bits per heavy atom. The molecular weight excluding hydrogens is 232 g/mol. The highest BCUT2D eigenvalue weighted by Crippen LogP contribution is 2.18. The largest absolute Gasteiger partial charge is 0.493 e. The number of benzene rings is 1. The molecule has 0 atom stereocenters. The molecule has 0 aliphatic carbocycles.